The highest BCUT2D eigenvalue weighted by Gasteiger charge is 2.01. The van der Waals surface area contributed by atoms with Gasteiger partial charge in [0.05, 0.1) is 13.3 Å². The molecular weight excluding hydrogens is 216 g/mol. The highest BCUT2D eigenvalue weighted by atomic mass is 16.5. The van der Waals surface area contributed by atoms with Crippen LogP contribution in [0.4, 0.5) is 0 Å². The van der Waals surface area contributed by atoms with E-state index in [1.165, 1.54) is 4.40 Å². The highest BCUT2D eigenvalue weighted by molar-refractivity contribution is 5.41. The number of aromatic nitrogens is 2. The summed E-state index contributed by atoms with van der Waals surface area (Å²) in [7, 11) is 1.57. The Morgan fingerprint density at radius 3 is 2.65 bits per heavy atom. The van der Waals surface area contributed by atoms with E-state index in [0.29, 0.717) is 11.4 Å². The van der Waals surface area contributed by atoms with Crippen LogP contribution in [0, 0.1) is 0 Å². The fourth-order valence-corrected chi connectivity index (χ4v) is 1.43. The number of aryl methyl sites for hydroxylation is 1. The molecule has 17 heavy (non-hydrogen) atoms. The van der Waals surface area contributed by atoms with E-state index in [4.69, 9.17) is 4.74 Å². The van der Waals surface area contributed by atoms with E-state index in [1.54, 1.807) is 31.5 Å². The maximum Gasteiger partial charge on any atom is 0.258 e. The number of fused-ring (bicyclic) bond motifs is 1. The van der Waals surface area contributed by atoms with Crippen LogP contribution < -0.4 is 10.3 Å². The second-order valence-corrected chi connectivity index (χ2v) is 3.24. The third kappa shape index (κ3) is 2.84. The summed E-state index contributed by atoms with van der Waals surface area (Å²) in [5.74, 6) is 0.649. The molecule has 0 aliphatic rings. The first-order valence-corrected chi connectivity index (χ1v) is 5.81. The van der Waals surface area contributed by atoms with Crippen molar-refractivity contribution in [2.24, 2.45) is 0 Å². The van der Waals surface area contributed by atoms with Crippen LogP contribution >= 0.6 is 0 Å². The number of rotatable bonds is 2. The average Bonchev–Trinajstić information content (AvgIpc) is 2.40. The van der Waals surface area contributed by atoms with E-state index in [1.807, 2.05) is 20.8 Å². The Morgan fingerprint density at radius 1 is 1.35 bits per heavy atom. The molecule has 0 unspecified atom stereocenters. The lowest BCUT2D eigenvalue weighted by Crippen LogP contribution is -2.15. The quantitative estimate of drug-likeness (QED) is 0.800. The molecule has 0 amide bonds. The van der Waals surface area contributed by atoms with Crippen molar-refractivity contribution < 1.29 is 4.74 Å². The average molecular weight is 234 g/mol. The van der Waals surface area contributed by atoms with Crippen molar-refractivity contribution in [3.05, 3.63) is 40.4 Å². The van der Waals surface area contributed by atoms with E-state index < -0.39 is 0 Å². The third-order valence-electron chi connectivity index (χ3n) is 2.28. The number of nitrogens with zero attached hydrogens (tertiary/aromatic N) is 2. The van der Waals surface area contributed by atoms with Crippen molar-refractivity contribution in [3.63, 3.8) is 0 Å². The molecule has 0 saturated carbocycles. The molecular formula is C13H18N2O2. The molecule has 0 saturated heterocycles. The highest BCUT2D eigenvalue weighted by Crippen LogP contribution is 2.09. The lowest BCUT2D eigenvalue weighted by atomic mass is 10.3. The van der Waals surface area contributed by atoms with Gasteiger partial charge in [-0.15, -0.1) is 0 Å². The van der Waals surface area contributed by atoms with Gasteiger partial charge < -0.3 is 4.74 Å². The SMILES string of the molecule is CC.CCc1cc(=O)n2cc(OC)ccc2n1. The molecule has 2 aromatic rings. The molecule has 0 atom stereocenters. The van der Waals surface area contributed by atoms with Gasteiger partial charge in [0.2, 0.25) is 0 Å². The van der Waals surface area contributed by atoms with Crippen molar-refractivity contribution in [2.45, 2.75) is 27.2 Å². The van der Waals surface area contributed by atoms with Gasteiger partial charge in [-0.05, 0) is 18.6 Å². The monoisotopic (exact) mass is 234 g/mol. The number of pyridine rings is 1. The van der Waals surface area contributed by atoms with Gasteiger partial charge in [0, 0.05) is 11.8 Å². The van der Waals surface area contributed by atoms with Crippen molar-refractivity contribution in [1.82, 2.24) is 9.38 Å². The third-order valence-corrected chi connectivity index (χ3v) is 2.28. The number of methoxy groups -OCH3 is 1. The van der Waals surface area contributed by atoms with Crippen molar-refractivity contribution in [1.29, 1.82) is 0 Å². The Balaban J connectivity index is 0.000000686. The van der Waals surface area contributed by atoms with Crippen LogP contribution in [-0.4, -0.2) is 16.5 Å². The van der Waals surface area contributed by atoms with Crippen LogP contribution in [0.3, 0.4) is 0 Å². The predicted molar refractivity (Wildman–Crippen MR) is 68.7 cm³/mol. The van der Waals surface area contributed by atoms with E-state index in [0.717, 1.165) is 12.1 Å². The molecule has 2 aromatic heterocycles. The summed E-state index contributed by atoms with van der Waals surface area (Å²) in [6, 6.07) is 5.12. The number of hydrogen-bond donors (Lipinski definition) is 0. The summed E-state index contributed by atoms with van der Waals surface area (Å²) in [6.07, 6.45) is 2.40. The molecule has 0 aliphatic carbocycles. The minimum Gasteiger partial charge on any atom is -0.495 e. The maximum atomic E-state index is 11.7. The van der Waals surface area contributed by atoms with E-state index in [2.05, 4.69) is 4.98 Å². The minimum absolute atomic E-state index is 0.0734. The number of ether oxygens (including phenoxy) is 1. The van der Waals surface area contributed by atoms with Crippen LogP contribution in [0.5, 0.6) is 5.75 Å². The molecule has 2 heterocycles. The minimum atomic E-state index is -0.0734. The Bertz CT molecular complexity index is 547. The van der Waals surface area contributed by atoms with Crippen molar-refractivity contribution in [2.75, 3.05) is 7.11 Å². The fourth-order valence-electron chi connectivity index (χ4n) is 1.43. The predicted octanol–water partition coefficient (Wildman–Crippen LogP) is 2.29. The first-order chi connectivity index (χ1) is 8.24. The lowest BCUT2D eigenvalue weighted by Gasteiger charge is -2.04. The Labute approximate surface area is 101 Å². The molecule has 0 aliphatic heterocycles. The van der Waals surface area contributed by atoms with Gasteiger partial charge in [0.15, 0.2) is 0 Å². The summed E-state index contributed by atoms with van der Waals surface area (Å²) in [6.45, 7) is 5.97. The zero-order chi connectivity index (χ0) is 12.8. The molecule has 0 N–H and O–H groups in total. The Morgan fingerprint density at radius 2 is 2.06 bits per heavy atom. The molecule has 2 rings (SSSR count). The molecule has 4 heteroatoms. The second-order valence-electron chi connectivity index (χ2n) is 3.24. The molecule has 0 aromatic carbocycles. The summed E-state index contributed by atoms with van der Waals surface area (Å²) < 4.78 is 6.53. The standard InChI is InChI=1S/C11H12N2O2.C2H6/c1-3-8-6-11(14)13-7-9(15-2)4-5-10(13)12-8;1-2/h4-7H,3H2,1-2H3;1-2H3. The normalized spacial score (nSPS) is 9.65. The molecule has 4 nitrogen and oxygen atoms in total. The van der Waals surface area contributed by atoms with Gasteiger partial charge in [-0.1, -0.05) is 20.8 Å². The maximum absolute atomic E-state index is 11.7. The first kappa shape index (κ1) is 13.2. The van der Waals surface area contributed by atoms with Gasteiger partial charge in [-0.2, -0.15) is 0 Å². The van der Waals surface area contributed by atoms with Gasteiger partial charge in [-0.25, -0.2) is 4.98 Å². The Hall–Kier alpha value is -1.84. The number of hydrogen-bond acceptors (Lipinski definition) is 3. The zero-order valence-electron chi connectivity index (χ0n) is 10.7. The fraction of sp³-hybridized carbons (Fsp3) is 0.385. The van der Waals surface area contributed by atoms with Crippen LogP contribution in [0.15, 0.2) is 29.2 Å². The molecule has 92 valence electrons. The molecule has 0 radical (unpaired) electrons. The molecule has 0 spiro atoms. The van der Waals surface area contributed by atoms with Gasteiger partial charge in [0.1, 0.15) is 11.4 Å². The molecule has 0 fully saturated rings. The van der Waals surface area contributed by atoms with Gasteiger partial charge in [0.25, 0.3) is 5.56 Å². The second kappa shape index (κ2) is 6.03. The smallest absolute Gasteiger partial charge is 0.258 e. The van der Waals surface area contributed by atoms with Crippen LogP contribution in [-0.2, 0) is 6.42 Å². The van der Waals surface area contributed by atoms with E-state index in [-0.39, 0.29) is 5.56 Å². The van der Waals surface area contributed by atoms with Gasteiger partial charge in [-0.3, -0.25) is 9.20 Å². The summed E-state index contributed by atoms with van der Waals surface area (Å²) in [5.41, 5.74) is 1.39. The lowest BCUT2D eigenvalue weighted by molar-refractivity contribution is 0.412. The van der Waals surface area contributed by atoms with E-state index in [9.17, 15) is 4.79 Å². The largest absolute Gasteiger partial charge is 0.495 e. The van der Waals surface area contributed by atoms with Gasteiger partial charge >= 0.3 is 0 Å². The van der Waals surface area contributed by atoms with Crippen LogP contribution in [0.25, 0.3) is 5.65 Å². The van der Waals surface area contributed by atoms with E-state index >= 15 is 0 Å². The van der Waals surface area contributed by atoms with Crippen LogP contribution in [0.1, 0.15) is 26.5 Å². The first-order valence-electron chi connectivity index (χ1n) is 5.81. The Kier molecular flexibility index (Phi) is 4.69. The van der Waals surface area contributed by atoms with Crippen LogP contribution in [0.2, 0.25) is 0 Å². The van der Waals surface area contributed by atoms with Crippen molar-refractivity contribution >= 4 is 5.65 Å². The zero-order valence-corrected chi connectivity index (χ0v) is 10.7. The molecule has 0 bridgehead atoms. The summed E-state index contributed by atoms with van der Waals surface area (Å²) in [4.78, 5) is 16.0. The summed E-state index contributed by atoms with van der Waals surface area (Å²) in [5, 5.41) is 0. The van der Waals surface area contributed by atoms with Crippen molar-refractivity contribution in [3.8, 4) is 5.75 Å². The summed E-state index contributed by atoms with van der Waals surface area (Å²) >= 11 is 0. The topological polar surface area (TPSA) is 43.6 Å².